The molecule has 1 fully saturated rings. The normalized spacial score (nSPS) is 16.1. The molecule has 0 unspecified atom stereocenters. The van der Waals surface area contributed by atoms with Crippen molar-refractivity contribution in [2.24, 2.45) is 5.92 Å². The van der Waals surface area contributed by atoms with Gasteiger partial charge in [0.2, 0.25) is 0 Å². The van der Waals surface area contributed by atoms with E-state index >= 15 is 0 Å². The number of carbonyl (C=O) groups excluding carboxylic acids is 1. The number of hydrogen-bond acceptors (Lipinski definition) is 2. The fourth-order valence-corrected chi connectivity index (χ4v) is 2.88. The first kappa shape index (κ1) is 16.0. The molecular weight excluding hydrogens is 260 g/mol. The van der Waals surface area contributed by atoms with Crippen LogP contribution >= 0.6 is 0 Å². The highest BCUT2D eigenvalue weighted by molar-refractivity contribution is 5.94. The van der Waals surface area contributed by atoms with E-state index in [2.05, 4.69) is 36.2 Å². The third-order valence-electron chi connectivity index (χ3n) is 4.02. The highest BCUT2D eigenvalue weighted by Gasteiger charge is 2.10. The van der Waals surface area contributed by atoms with Crippen LogP contribution in [0.4, 0.5) is 0 Å². The first-order valence-electron chi connectivity index (χ1n) is 8.24. The molecule has 0 spiro atoms. The highest BCUT2D eigenvalue weighted by atomic mass is 16.1. The smallest absolute Gasteiger partial charge is 0.251 e. The van der Waals surface area contributed by atoms with E-state index in [4.69, 9.17) is 0 Å². The average molecular weight is 288 g/mol. The standard InChI is InChI=1S/C18H28N2O/c1-15(2)14-16-6-8-17(9-7-16)18(21)19-10-13-20-11-4-3-5-12-20/h6-9,15H,3-5,10-14H2,1-2H3,(H,19,21). The van der Waals surface area contributed by atoms with E-state index in [0.717, 1.165) is 25.1 Å². The van der Waals surface area contributed by atoms with Crippen molar-refractivity contribution < 1.29 is 4.79 Å². The van der Waals surface area contributed by atoms with Gasteiger partial charge in [-0.2, -0.15) is 0 Å². The van der Waals surface area contributed by atoms with Crippen LogP contribution in [0.25, 0.3) is 0 Å². The Bertz CT molecular complexity index is 433. The zero-order chi connectivity index (χ0) is 15.1. The molecule has 1 amide bonds. The quantitative estimate of drug-likeness (QED) is 0.872. The van der Waals surface area contributed by atoms with Crippen molar-refractivity contribution in [1.29, 1.82) is 0 Å². The molecule has 0 saturated carbocycles. The van der Waals surface area contributed by atoms with Gasteiger partial charge in [0, 0.05) is 18.7 Å². The Hall–Kier alpha value is -1.35. The minimum atomic E-state index is 0.0445. The second-order valence-electron chi connectivity index (χ2n) is 6.45. The molecule has 3 heteroatoms. The summed E-state index contributed by atoms with van der Waals surface area (Å²) in [6, 6.07) is 8.01. The van der Waals surface area contributed by atoms with E-state index in [9.17, 15) is 4.79 Å². The maximum atomic E-state index is 12.1. The van der Waals surface area contributed by atoms with Crippen LogP contribution in [-0.2, 0) is 6.42 Å². The van der Waals surface area contributed by atoms with Crippen LogP contribution in [-0.4, -0.2) is 37.0 Å². The number of nitrogens with one attached hydrogen (secondary N) is 1. The summed E-state index contributed by atoms with van der Waals surface area (Å²) < 4.78 is 0. The molecule has 1 aliphatic rings. The van der Waals surface area contributed by atoms with Gasteiger partial charge in [0.25, 0.3) is 5.91 Å². The van der Waals surface area contributed by atoms with Gasteiger partial charge < -0.3 is 10.2 Å². The van der Waals surface area contributed by atoms with Gasteiger partial charge in [-0.05, 0) is 56.0 Å². The minimum Gasteiger partial charge on any atom is -0.351 e. The average Bonchev–Trinajstić information content (AvgIpc) is 2.48. The first-order chi connectivity index (χ1) is 10.1. The van der Waals surface area contributed by atoms with Crippen molar-refractivity contribution in [3.8, 4) is 0 Å². The Morgan fingerprint density at radius 1 is 1.14 bits per heavy atom. The van der Waals surface area contributed by atoms with Crippen LogP contribution in [0.5, 0.6) is 0 Å². The molecule has 1 aromatic carbocycles. The summed E-state index contributed by atoms with van der Waals surface area (Å²) >= 11 is 0. The summed E-state index contributed by atoms with van der Waals surface area (Å²) in [4.78, 5) is 14.5. The van der Waals surface area contributed by atoms with Gasteiger partial charge in [0.05, 0.1) is 0 Å². The number of carbonyl (C=O) groups is 1. The Morgan fingerprint density at radius 2 is 1.81 bits per heavy atom. The fourth-order valence-electron chi connectivity index (χ4n) is 2.88. The lowest BCUT2D eigenvalue weighted by atomic mass is 10.0. The molecule has 1 saturated heterocycles. The maximum absolute atomic E-state index is 12.1. The topological polar surface area (TPSA) is 32.3 Å². The third kappa shape index (κ3) is 5.50. The van der Waals surface area contributed by atoms with Crippen molar-refractivity contribution in [2.45, 2.75) is 39.5 Å². The van der Waals surface area contributed by atoms with E-state index in [0.29, 0.717) is 5.92 Å². The number of nitrogens with zero attached hydrogens (tertiary/aromatic N) is 1. The summed E-state index contributed by atoms with van der Waals surface area (Å²) in [5.41, 5.74) is 2.07. The van der Waals surface area contributed by atoms with Gasteiger partial charge in [-0.25, -0.2) is 0 Å². The van der Waals surface area contributed by atoms with E-state index in [1.807, 2.05) is 12.1 Å². The van der Waals surface area contributed by atoms with Crippen LogP contribution in [0.3, 0.4) is 0 Å². The number of hydrogen-bond donors (Lipinski definition) is 1. The van der Waals surface area contributed by atoms with E-state index in [1.54, 1.807) is 0 Å². The fraction of sp³-hybridized carbons (Fsp3) is 0.611. The van der Waals surface area contributed by atoms with Crippen molar-refractivity contribution in [3.63, 3.8) is 0 Å². The van der Waals surface area contributed by atoms with Gasteiger partial charge in [-0.15, -0.1) is 0 Å². The lowest BCUT2D eigenvalue weighted by Gasteiger charge is -2.26. The van der Waals surface area contributed by atoms with Crippen LogP contribution in [0.1, 0.15) is 49.0 Å². The molecule has 0 bridgehead atoms. The molecule has 21 heavy (non-hydrogen) atoms. The second-order valence-corrected chi connectivity index (χ2v) is 6.45. The maximum Gasteiger partial charge on any atom is 0.251 e. The van der Waals surface area contributed by atoms with Crippen molar-refractivity contribution in [2.75, 3.05) is 26.2 Å². The first-order valence-corrected chi connectivity index (χ1v) is 8.24. The van der Waals surface area contributed by atoms with Gasteiger partial charge in [-0.3, -0.25) is 4.79 Å². The number of piperidine rings is 1. The van der Waals surface area contributed by atoms with E-state index < -0.39 is 0 Å². The highest BCUT2D eigenvalue weighted by Crippen LogP contribution is 2.10. The summed E-state index contributed by atoms with van der Waals surface area (Å²) in [7, 11) is 0. The lowest BCUT2D eigenvalue weighted by molar-refractivity contribution is 0.0946. The monoisotopic (exact) mass is 288 g/mol. The van der Waals surface area contributed by atoms with Gasteiger partial charge in [0.15, 0.2) is 0 Å². The molecule has 0 aromatic heterocycles. The van der Waals surface area contributed by atoms with Crippen LogP contribution in [0.2, 0.25) is 0 Å². The predicted octanol–water partition coefficient (Wildman–Crippen LogP) is 3.10. The van der Waals surface area contributed by atoms with Crippen LogP contribution in [0, 0.1) is 5.92 Å². The molecule has 1 aliphatic heterocycles. The Labute approximate surface area is 128 Å². The second kappa shape index (κ2) is 8.18. The number of amides is 1. The zero-order valence-corrected chi connectivity index (χ0v) is 13.4. The Kier molecular flexibility index (Phi) is 6.24. The summed E-state index contributed by atoms with van der Waals surface area (Å²) in [5, 5.41) is 3.03. The molecule has 3 nitrogen and oxygen atoms in total. The lowest BCUT2D eigenvalue weighted by Crippen LogP contribution is -2.37. The molecular formula is C18H28N2O. The molecule has 0 aliphatic carbocycles. The van der Waals surface area contributed by atoms with Crippen molar-refractivity contribution in [1.82, 2.24) is 10.2 Å². The van der Waals surface area contributed by atoms with E-state index in [-0.39, 0.29) is 5.91 Å². The van der Waals surface area contributed by atoms with Gasteiger partial charge in [0.1, 0.15) is 0 Å². The van der Waals surface area contributed by atoms with Crippen molar-refractivity contribution in [3.05, 3.63) is 35.4 Å². The number of rotatable bonds is 6. The largest absolute Gasteiger partial charge is 0.351 e. The summed E-state index contributed by atoms with van der Waals surface area (Å²) in [6.45, 7) is 8.49. The number of benzene rings is 1. The molecule has 1 heterocycles. The molecule has 116 valence electrons. The predicted molar refractivity (Wildman–Crippen MR) is 87.6 cm³/mol. The minimum absolute atomic E-state index is 0.0445. The summed E-state index contributed by atoms with van der Waals surface area (Å²) in [6.07, 6.45) is 5.01. The Balaban J connectivity index is 1.74. The zero-order valence-electron chi connectivity index (χ0n) is 13.4. The molecule has 2 rings (SSSR count). The summed E-state index contributed by atoms with van der Waals surface area (Å²) in [5.74, 6) is 0.692. The van der Waals surface area contributed by atoms with Crippen LogP contribution in [0.15, 0.2) is 24.3 Å². The molecule has 0 radical (unpaired) electrons. The Morgan fingerprint density at radius 3 is 2.43 bits per heavy atom. The third-order valence-corrected chi connectivity index (χ3v) is 4.02. The number of likely N-dealkylation sites (tertiary alicyclic amines) is 1. The molecule has 0 atom stereocenters. The molecule has 1 aromatic rings. The van der Waals surface area contributed by atoms with Crippen LogP contribution < -0.4 is 5.32 Å². The van der Waals surface area contributed by atoms with Crippen molar-refractivity contribution >= 4 is 5.91 Å². The van der Waals surface area contributed by atoms with E-state index in [1.165, 1.54) is 37.9 Å². The molecule has 1 N–H and O–H groups in total. The van der Waals surface area contributed by atoms with Gasteiger partial charge >= 0.3 is 0 Å². The van der Waals surface area contributed by atoms with Gasteiger partial charge in [-0.1, -0.05) is 32.4 Å². The SMILES string of the molecule is CC(C)Cc1ccc(C(=O)NCCN2CCCCC2)cc1.